The molecule has 0 saturated heterocycles. The van der Waals surface area contributed by atoms with Crippen LogP contribution in [0.15, 0.2) is 23.5 Å². The zero-order valence-electron chi connectivity index (χ0n) is 11.1. The SMILES string of the molecule is CC1=C(C(=O)NC(C)c2ccc(C)s2)CCCO1. The van der Waals surface area contributed by atoms with Crippen LogP contribution in [0.3, 0.4) is 0 Å². The topological polar surface area (TPSA) is 38.3 Å². The monoisotopic (exact) mass is 265 g/mol. The molecule has 0 saturated carbocycles. The minimum atomic E-state index is 0.00533. The molecule has 0 spiro atoms. The fourth-order valence-electron chi connectivity index (χ4n) is 2.05. The van der Waals surface area contributed by atoms with Gasteiger partial charge in [-0.2, -0.15) is 0 Å². The number of hydrogen-bond acceptors (Lipinski definition) is 3. The summed E-state index contributed by atoms with van der Waals surface area (Å²) in [6.07, 6.45) is 1.74. The van der Waals surface area contributed by atoms with Crippen LogP contribution in [0.2, 0.25) is 0 Å². The van der Waals surface area contributed by atoms with Crippen LogP contribution >= 0.6 is 11.3 Å². The van der Waals surface area contributed by atoms with Crippen molar-refractivity contribution < 1.29 is 9.53 Å². The average Bonchev–Trinajstić information content (AvgIpc) is 2.76. The van der Waals surface area contributed by atoms with Crippen molar-refractivity contribution >= 4 is 17.2 Å². The predicted octanol–water partition coefficient (Wildman–Crippen LogP) is 3.32. The lowest BCUT2D eigenvalue weighted by atomic mass is 10.1. The van der Waals surface area contributed by atoms with Crippen LogP contribution < -0.4 is 5.32 Å². The van der Waals surface area contributed by atoms with Crippen molar-refractivity contribution in [2.75, 3.05) is 6.61 Å². The highest BCUT2D eigenvalue weighted by Crippen LogP contribution is 2.24. The van der Waals surface area contributed by atoms with Gasteiger partial charge in [0.15, 0.2) is 0 Å². The molecule has 1 aromatic rings. The summed E-state index contributed by atoms with van der Waals surface area (Å²) < 4.78 is 5.42. The Kier molecular flexibility index (Phi) is 4.07. The maximum atomic E-state index is 12.2. The quantitative estimate of drug-likeness (QED) is 0.910. The van der Waals surface area contributed by atoms with E-state index in [4.69, 9.17) is 4.74 Å². The van der Waals surface area contributed by atoms with E-state index >= 15 is 0 Å². The van der Waals surface area contributed by atoms with Gasteiger partial charge in [0.25, 0.3) is 5.91 Å². The van der Waals surface area contributed by atoms with Crippen molar-refractivity contribution in [3.63, 3.8) is 0 Å². The molecule has 1 atom stereocenters. The van der Waals surface area contributed by atoms with E-state index in [0.29, 0.717) is 0 Å². The van der Waals surface area contributed by atoms with Gasteiger partial charge < -0.3 is 10.1 Å². The summed E-state index contributed by atoms with van der Waals surface area (Å²) >= 11 is 1.72. The van der Waals surface area contributed by atoms with Crippen LogP contribution in [-0.4, -0.2) is 12.5 Å². The van der Waals surface area contributed by atoms with Crippen LogP contribution in [0.5, 0.6) is 0 Å². The van der Waals surface area contributed by atoms with Crippen LogP contribution in [0.1, 0.15) is 42.5 Å². The number of thiophene rings is 1. The molecule has 0 fully saturated rings. The lowest BCUT2D eigenvalue weighted by Crippen LogP contribution is -2.29. The van der Waals surface area contributed by atoms with Gasteiger partial charge in [0, 0.05) is 9.75 Å². The Morgan fingerprint density at radius 3 is 2.83 bits per heavy atom. The molecule has 1 amide bonds. The van der Waals surface area contributed by atoms with Crippen molar-refractivity contribution in [2.45, 2.75) is 39.7 Å². The zero-order valence-corrected chi connectivity index (χ0v) is 11.9. The minimum Gasteiger partial charge on any atom is -0.498 e. The highest BCUT2D eigenvalue weighted by molar-refractivity contribution is 7.12. The molecule has 1 aliphatic heterocycles. The number of hydrogen-bond donors (Lipinski definition) is 1. The molecule has 3 nitrogen and oxygen atoms in total. The maximum Gasteiger partial charge on any atom is 0.251 e. The Labute approximate surface area is 112 Å². The summed E-state index contributed by atoms with van der Waals surface area (Å²) in [5.41, 5.74) is 0.793. The molecule has 0 bridgehead atoms. The van der Waals surface area contributed by atoms with E-state index in [1.54, 1.807) is 11.3 Å². The molecule has 1 aliphatic rings. The summed E-state index contributed by atoms with van der Waals surface area (Å²) in [5.74, 6) is 0.777. The van der Waals surface area contributed by atoms with Crippen LogP contribution in [-0.2, 0) is 9.53 Å². The fourth-order valence-corrected chi connectivity index (χ4v) is 2.93. The van der Waals surface area contributed by atoms with Gasteiger partial charge >= 0.3 is 0 Å². The number of allylic oxidation sites excluding steroid dienone is 1. The van der Waals surface area contributed by atoms with E-state index < -0.39 is 0 Å². The number of aryl methyl sites for hydroxylation is 1. The second kappa shape index (κ2) is 5.57. The van der Waals surface area contributed by atoms with Gasteiger partial charge in [-0.3, -0.25) is 4.79 Å². The summed E-state index contributed by atoms with van der Waals surface area (Å²) in [5, 5.41) is 3.04. The lowest BCUT2D eigenvalue weighted by molar-refractivity contribution is -0.118. The molecule has 0 radical (unpaired) electrons. The summed E-state index contributed by atoms with van der Waals surface area (Å²) in [6, 6.07) is 4.21. The molecule has 2 heterocycles. The molecule has 1 N–H and O–H groups in total. The number of rotatable bonds is 3. The standard InChI is InChI=1S/C14H19NO2S/c1-9-6-7-13(18-9)10(2)15-14(16)12-5-4-8-17-11(12)3/h6-7,10H,4-5,8H2,1-3H3,(H,15,16). The molecule has 1 aromatic heterocycles. The first-order valence-electron chi connectivity index (χ1n) is 6.27. The second-order valence-corrected chi connectivity index (χ2v) is 5.95. The molecular formula is C14H19NO2S. The molecule has 2 rings (SSSR count). The Morgan fingerprint density at radius 2 is 2.22 bits per heavy atom. The third-order valence-corrected chi connectivity index (χ3v) is 4.31. The second-order valence-electron chi connectivity index (χ2n) is 4.63. The van der Waals surface area contributed by atoms with E-state index in [2.05, 4.69) is 24.4 Å². The third-order valence-electron chi connectivity index (χ3n) is 3.12. The largest absolute Gasteiger partial charge is 0.498 e. The van der Waals surface area contributed by atoms with Gasteiger partial charge in [-0.25, -0.2) is 0 Å². The van der Waals surface area contributed by atoms with E-state index in [1.807, 2.05) is 13.8 Å². The van der Waals surface area contributed by atoms with E-state index in [9.17, 15) is 4.79 Å². The van der Waals surface area contributed by atoms with Crippen LogP contribution in [0, 0.1) is 6.92 Å². The van der Waals surface area contributed by atoms with Crippen LogP contribution in [0.25, 0.3) is 0 Å². The normalized spacial score (nSPS) is 17.3. The third kappa shape index (κ3) is 2.93. The van der Waals surface area contributed by atoms with Gasteiger partial charge in [-0.05, 0) is 45.7 Å². The Balaban J connectivity index is 2.03. The lowest BCUT2D eigenvalue weighted by Gasteiger charge is -2.20. The van der Waals surface area contributed by atoms with E-state index in [1.165, 1.54) is 9.75 Å². The summed E-state index contributed by atoms with van der Waals surface area (Å²) in [7, 11) is 0. The Hall–Kier alpha value is -1.29. The van der Waals surface area contributed by atoms with Crippen molar-refractivity contribution in [1.82, 2.24) is 5.32 Å². The van der Waals surface area contributed by atoms with E-state index in [0.717, 1.165) is 30.8 Å². The maximum absolute atomic E-state index is 12.2. The van der Waals surface area contributed by atoms with Gasteiger partial charge in [-0.15, -0.1) is 11.3 Å². The van der Waals surface area contributed by atoms with E-state index in [-0.39, 0.29) is 11.9 Å². The van der Waals surface area contributed by atoms with Crippen molar-refractivity contribution in [1.29, 1.82) is 0 Å². The van der Waals surface area contributed by atoms with Gasteiger partial charge in [0.05, 0.1) is 18.2 Å². The average molecular weight is 265 g/mol. The minimum absolute atomic E-state index is 0.00533. The molecular weight excluding hydrogens is 246 g/mol. The number of carbonyl (C=O) groups is 1. The molecule has 0 aromatic carbocycles. The first-order valence-corrected chi connectivity index (χ1v) is 7.09. The smallest absolute Gasteiger partial charge is 0.251 e. The van der Waals surface area contributed by atoms with Crippen molar-refractivity contribution in [3.05, 3.63) is 33.2 Å². The highest BCUT2D eigenvalue weighted by Gasteiger charge is 2.20. The Bertz CT molecular complexity index is 476. The van der Waals surface area contributed by atoms with Crippen molar-refractivity contribution in [3.8, 4) is 0 Å². The first kappa shape index (κ1) is 13.1. The molecule has 18 heavy (non-hydrogen) atoms. The molecule has 1 unspecified atom stereocenters. The number of amides is 1. The fraction of sp³-hybridized carbons (Fsp3) is 0.500. The number of nitrogens with one attached hydrogen (secondary N) is 1. The predicted molar refractivity (Wildman–Crippen MR) is 73.5 cm³/mol. The van der Waals surface area contributed by atoms with Crippen LogP contribution in [0.4, 0.5) is 0 Å². The van der Waals surface area contributed by atoms with Crippen molar-refractivity contribution in [2.24, 2.45) is 0 Å². The summed E-state index contributed by atoms with van der Waals surface area (Å²) in [4.78, 5) is 14.6. The van der Waals surface area contributed by atoms with Gasteiger partial charge in [-0.1, -0.05) is 0 Å². The molecule has 4 heteroatoms. The highest BCUT2D eigenvalue weighted by atomic mass is 32.1. The van der Waals surface area contributed by atoms with Gasteiger partial charge in [0.2, 0.25) is 0 Å². The zero-order chi connectivity index (χ0) is 13.1. The number of carbonyl (C=O) groups excluding carboxylic acids is 1. The van der Waals surface area contributed by atoms with Gasteiger partial charge in [0.1, 0.15) is 5.76 Å². The summed E-state index contributed by atoms with van der Waals surface area (Å²) in [6.45, 7) is 6.68. The number of ether oxygens (including phenoxy) is 1. The molecule has 0 aliphatic carbocycles. The Morgan fingerprint density at radius 1 is 1.44 bits per heavy atom. The molecule has 98 valence electrons. The first-order chi connectivity index (χ1) is 8.58.